The average molecular weight is 154 g/mol. The maximum absolute atomic E-state index is 8.44. The van der Waals surface area contributed by atoms with Crippen molar-refractivity contribution in [2.45, 2.75) is 0 Å². The van der Waals surface area contributed by atoms with Crippen molar-refractivity contribution in [2.24, 2.45) is 0 Å². The molecule has 0 bridgehead atoms. The summed E-state index contributed by atoms with van der Waals surface area (Å²) in [6.07, 6.45) is -2.08. The summed E-state index contributed by atoms with van der Waals surface area (Å²) in [4.78, 5) is 8.44. The third-order valence-electron chi connectivity index (χ3n) is 0. The molecule has 38 valence electrons. The molecule has 0 radical (unpaired) electrons. The van der Waals surface area contributed by atoms with E-state index in [0.29, 0.717) is 0 Å². The monoisotopic (exact) mass is 154 g/mol. The van der Waals surface area contributed by atoms with Crippen molar-refractivity contribution in [2.75, 3.05) is 7.11 Å². The Kier molecular flexibility index (Phi) is 65.3. The van der Waals surface area contributed by atoms with Crippen molar-refractivity contribution in [1.29, 1.82) is 0 Å². The van der Waals surface area contributed by atoms with Crippen molar-refractivity contribution in [3.05, 3.63) is 0 Å². The molecule has 1 N–H and O–H groups in total. The second-order valence-electron chi connectivity index (χ2n) is 0.266. The summed E-state index contributed by atoms with van der Waals surface area (Å²) >= 11 is 0. The van der Waals surface area contributed by atoms with Gasteiger partial charge in [-0.3, -0.25) is 0 Å². The first-order valence-corrected chi connectivity index (χ1v) is 1.04. The van der Waals surface area contributed by atoms with Gasteiger partial charge in [-0.2, -0.15) is 7.11 Å². The average Bonchev–Trinajstić information content (AvgIpc) is 1.41. The van der Waals surface area contributed by atoms with Crippen LogP contribution in [-0.4, -0.2) is 18.4 Å². The molecule has 0 aromatic heterocycles. The minimum atomic E-state index is -2.08. The van der Waals surface area contributed by atoms with Gasteiger partial charge in [0.25, 0.3) is 0 Å². The number of rotatable bonds is 0. The van der Waals surface area contributed by atoms with Crippen LogP contribution in [0.3, 0.4) is 0 Å². The standard InChI is InChI=1S/CH2O3.CH3O.K.Na/c2-1(3)4;1-2;;/h(H2,2,3,4);1H3;;/q;-1;2*+1/p-1. The molecule has 0 spiro atoms. The van der Waals surface area contributed by atoms with E-state index >= 15 is 0 Å². The van der Waals surface area contributed by atoms with Crippen LogP contribution in [0, 0.1) is 0 Å². The Morgan fingerprint density at radius 1 is 1.50 bits per heavy atom. The first-order valence-electron chi connectivity index (χ1n) is 1.04. The van der Waals surface area contributed by atoms with Crippen molar-refractivity contribution >= 4 is 6.16 Å². The van der Waals surface area contributed by atoms with E-state index in [-0.39, 0.29) is 80.9 Å². The van der Waals surface area contributed by atoms with Crippen LogP contribution < -0.4 is 91.2 Å². The van der Waals surface area contributed by atoms with Gasteiger partial charge in [-0.05, 0) is 0 Å². The summed E-state index contributed by atoms with van der Waals surface area (Å²) in [6.45, 7) is 0. The van der Waals surface area contributed by atoms with E-state index in [9.17, 15) is 0 Å². The SMILES string of the molecule is C[O-].O=C([O-])O.[K+].[Na+]. The van der Waals surface area contributed by atoms with E-state index < -0.39 is 6.16 Å². The Morgan fingerprint density at radius 2 is 1.50 bits per heavy atom. The van der Waals surface area contributed by atoms with Crippen molar-refractivity contribution in [3.8, 4) is 0 Å². The molecule has 0 aromatic carbocycles. The van der Waals surface area contributed by atoms with Crippen molar-refractivity contribution in [1.82, 2.24) is 0 Å². The molecule has 0 atom stereocenters. The molecule has 0 amide bonds. The Balaban J connectivity index is -0.0000000183. The molecule has 0 aromatic rings. The molecule has 0 unspecified atom stereocenters. The number of carbonyl (C=O) groups is 1. The fraction of sp³-hybridized carbons (Fsp3) is 0.500. The summed E-state index contributed by atoms with van der Waals surface area (Å²) < 4.78 is 0. The number of hydrogen-bond donors (Lipinski definition) is 1. The van der Waals surface area contributed by atoms with Gasteiger partial charge in [0.2, 0.25) is 6.16 Å². The molecule has 0 heterocycles. The van der Waals surface area contributed by atoms with E-state index in [1.165, 1.54) is 0 Å². The molecule has 0 aliphatic heterocycles. The van der Waals surface area contributed by atoms with Gasteiger partial charge >= 0.3 is 80.9 Å². The molecular weight excluding hydrogens is 150 g/mol. The predicted octanol–water partition coefficient (Wildman–Crippen LogP) is -8.13. The molecule has 0 saturated carbocycles. The zero-order chi connectivity index (χ0) is 5.58. The van der Waals surface area contributed by atoms with Gasteiger partial charge < -0.3 is 20.1 Å². The van der Waals surface area contributed by atoms with Crippen LogP contribution in [0.5, 0.6) is 0 Å². The molecule has 6 heteroatoms. The largest absolute Gasteiger partial charge is 1.00 e. The molecule has 0 rings (SSSR count). The van der Waals surface area contributed by atoms with Gasteiger partial charge in [0.1, 0.15) is 0 Å². The van der Waals surface area contributed by atoms with Crippen LogP contribution >= 0.6 is 0 Å². The van der Waals surface area contributed by atoms with Crippen LogP contribution in [0.4, 0.5) is 4.79 Å². The van der Waals surface area contributed by atoms with Crippen LogP contribution in [0.15, 0.2) is 0 Å². The summed E-state index contributed by atoms with van der Waals surface area (Å²) in [5.74, 6) is 0. The van der Waals surface area contributed by atoms with E-state index in [0.717, 1.165) is 7.11 Å². The van der Waals surface area contributed by atoms with E-state index in [2.05, 4.69) is 0 Å². The Morgan fingerprint density at radius 3 is 1.50 bits per heavy atom. The summed E-state index contributed by atoms with van der Waals surface area (Å²) in [6, 6.07) is 0. The molecular formula is C2H4KNaO4. The molecule has 0 saturated heterocycles. The van der Waals surface area contributed by atoms with Gasteiger partial charge in [-0.15, -0.1) is 0 Å². The minimum absolute atomic E-state index is 0. The number of hydrogen-bond acceptors (Lipinski definition) is 3. The van der Waals surface area contributed by atoms with Crippen LogP contribution in [0.2, 0.25) is 0 Å². The fourth-order valence-electron chi connectivity index (χ4n) is 0. The van der Waals surface area contributed by atoms with Crippen LogP contribution in [-0.2, 0) is 0 Å². The van der Waals surface area contributed by atoms with Crippen LogP contribution in [0.1, 0.15) is 0 Å². The first-order chi connectivity index (χ1) is 2.73. The van der Waals surface area contributed by atoms with Crippen LogP contribution in [0.25, 0.3) is 0 Å². The summed E-state index contributed by atoms with van der Waals surface area (Å²) in [7, 11) is 0.750. The Hall–Kier alpha value is 1.87. The van der Waals surface area contributed by atoms with Gasteiger partial charge in [-0.1, -0.05) is 0 Å². The zero-order valence-electron chi connectivity index (χ0n) is 5.17. The Labute approximate surface area is 112 Å². The van der Waals surface area contributed by atoms with Crippen molar-refractivity contribution < 1.29 is 101 Å². The molecule has 8 heavy (non-hydrogen) atoms. The van der Waals surface area contributed by atoms with E-state index in [1.54, 1.807) is 0 Å². The maximum Gasteiger partial charge on any atom is 1.00 e. The summed E-state index contributed by atoms with van der Waals surface area (Å²) in [5.41, 5.74) is 0. The molecule has 0 aliphatic carbocycles. The normalized spacial score (nSPS) is 3.75. The number of carboxylic acid groups (broad SMARTS) is 2. The molecule has 0 aliphatic rings. The van der Waals surface area contributed by atoms with E-state index in [4.69, 9.17) is 20.1 Å². The quantitative estimate of drug-likeness (QED) is 0.351. The van der Waals surface area contributed by atoms with Gasteiger partial charge in [0, 0.05) is 0 Å². The minimum Gasteiger partial charge on any atom is -0.857 e. The smallest absolute Gasteiger partial charge is 0.857 e. The fourth-order valence-corrected chi connectivity index (χ4v) is 0. The maximum atomic E-state index is 8.44. The van der Waals surface area contributed by atoms with Crippen molar-refractivity contribution in [3.63, 3.8) is 0 Å². The predicted molar refractivity (Wildman–Crippen MR) is 13.9 cm³/mol. The van der Waals surface area contributed by atoms with E-state index in [1.807, 2.05) is 0 Å². The summed E-state index contributed by atoms with van der Waals surface area (Å²) in [5, 5.41) is 23.6. The van der Waals surface area contributed by atoms with Gasteiger partial charge in [-0.25, -0.2) is 0 Å². The molecule has 4 nitrogen and oxygen atoms in total. The second-order valence-corrected chi connectivity index (χ2v) is 0.266. The van der Waals surface area contributed by atoms with Gasteiger partial charge in [0.15, 0.2) is 0 Å². The van der Waals surface area contributed by atoms with Gasteiger partial charge in [0.05, 0.1) is 0 Å². The Bertz CT molecular complexity index is 37.0. The second kappa shape index (κ2) is 23.2. The zero-order valence-corrected chi connectivity index (χ0v) is 10.3. The third kappa shape index (κ3) is 106. The third-order valence-corrected chi connectivity index (χ3v) is 0. The molecule has 0 fully saturated rings. The topological polar surface area (TPSA) is 83.4 Å². The first kappa shape index (κ1) is 22.5.